The molecule has 1 heterocycles. The second kappa shape index (κ2) is 5.33. The molecule has 2 N–H and O–H groups in total. The molecule has 1 aliphatic heterocycles. The van der Waals surface area contributed by atoms with Crippen molar-refractivity contribution in [1.82, 2.24) is 10.2 Å². The smallest absolute Gasteiger partial charge is 0.323 e. The van der Waals surface area contributed by atoms with Crippen LogP contribution < -0.4 is 10.6 Å². The third-order valence-electron chi connectivity index (χ3n) is 4.39. The van der Waals surface area contributed by atoms with Crippen LogP contribution in [-0.2, 0) is 9.59 Å². The molecule has 0 spiro atoms. The molecule has 1 unspecified atom stereocenters. The van der Waals surface area contributed by atoms with E-state index in [1.165, 1.54) is 12.1 Å². The van der Waals surface area contributed by atoms with E-state index in [-0.39, 0.29) is 11.6 Å². The number of urea groups is 1. The number of hydrogen-bond donors (Lipinski definition) is 2. The molecular weight excluding hydrogens is 301 g/mol. The van der Waals surface area contributed by atoms with Crippen molar-refractivity contribution in [2.45, 2.75) is 32.2 Å². The Kier molecular flexibility index (Phi) is 3.58. The van der Waals surface area contributed by atoms with Crippen LogP contribution in [0.3, 0.4) is 0 Å². The van der Waals surface area contributed by atoms with Gasteiger partial charge in [-0.15, -0.1) is 0 Å². The Balaban J connectivity index is 1.69. The molecule has 7 heteroatoms. The number of anilines is 1. The first-order chi connectivity index (χ1) is 10.8. The van der Waals surface area contributed by atoms with E-state index < -0.39 is 35.7 Å². The summed E-state index contributed by atoms with van der Waals surface area (Å²) in [5.41, 5.74) is -0.101. The number of rotatable bonds is 4. The fraction of sp³-hybridized carbons (Fsp3) is 0.438. The highest BCUT2D eigenvalue weighted by Gasteiger charge is 2.56. The predicted molar refractivity (Wildman–Crippen MR) is 81.1 cm³/mol. The second-order valence-electron chi connectivity index (χ2n) is 6.33. The summed E-state index contributed by atoms with van der Waals surface area (Å²) in [6.07, 6.45) is 1.77. The minimum Gasteiger partial charge on any atom is -0.323 e. The number of imide groups is 1. The van der Waals surface area contributed by atoms with Gasteiger partial charge in [0.25, 0.3) is 5.91 Å². The lowest BCUT2D eigenvalue weighted by Crippen LogP contribution is -2.46. The highest BCUT2D eigenvalue weighted by Crippen LogP contribution is 2.42. The molecule has 23 heavy (non-hydrogen) atoms. The van der Waals surface area contributed by atoms with Gasteiger partial charge in [0, 0.05) is 0 Å². The van der Waals surface area contributed by atoms with Crippen molar-refractivity contribution in [2.24, 2.45) is 5.92 Å². The molecule has 2 fully saturated rings. The summed E-state index contributed by atoms with van der Waals surface area (Å²) < 4.78 is 13.7. The van der Waals surface area contributed by atoms with E-state index in [0.29, 0.717) is 0 Å². The van der Waals surface area contributed by atoms with Crippen molar-refractivity contribution in [3.05, 3.63) is 29.6 Å². The molecule has 0 bridgehead atoms. The fourth-order valence-electron chi connectivity index (χ4n) is 2.86. The summed E-state index contributed by atoms with van der Waals surface area (Å²) in [4.78, 5) is 37.4. The average Bonchev–Trinajstić information content (AvgIpc) is 3.29. The van der Waals surface area contributed by atoms with Gasteiger partial charge in [-0.1, -0.05) is 6.07 Å². The number of aryl methyl sites for hydroxylation is 1. The number of carbonyl (C=O) groups excluding carboxylic acids is 3. The Morgan fingerprint density at radius 2 is 2.13 bits per heavy atom. The molecule has 3 rings (SSSR count). The van der Waals surface area contributed by atoms with Crippen molar-refractivity contribution >= 4 is 23.5 Å². The number of carbonyl (C=O) groups is 3. The molecule has 2 aliphatic rings. The molecule has 0 aromatic heterocycles. The van der Waals surface area contributed by atoms with E-state index in [1.807, 2.05) is 0 Å². The lowest BCUT2D eigenvalue weighted by atomic mass is 9.96. The summed E-state index contributed by atoms with van der Waals surface area (Å²) in [5.74, 6) is -1.45. The standard InChI is InChI=1S/C16H18FN3O3/c1-9-3-6-11(17)12(7-9)18-13(21)8-20-14(22)16(2,10-4-5-10)19-15(20)23/h3,6-7,10H,4-5,8H2,1-2H3,(H,18,21)(H,19,23). The zero-order valence-electron chi connectivity index (χ0n) is 13.0. The van der Waals surface area contributed by atoms with Crippen LogP contribution in [0.1, 0.15) is 25.3 Å². The van der Waals surface area contributed by atoms with Gasteiger partial charge in [-0.05, 0) is 50.3 Å². The summed E-state index contributed by atoms with van der Waals surface area (Å²) in [6.45, 7) is 3.02. The number of hydrogen-bond acceptors (Lipinski definition) is 3. The van der Waals surface area contributed by atoms with Gasteiger partial charge in [-0.2, -0.15) is 0 Å². The maximum absolute atomic E-state index is 13.7. The van der Waals surface area contributed by atoms with Crippen LogP contribution in [0.25, 0.3) is 0 Å². The molecule has 1 saturated heterocycles. The van der Waals surface area contributed by atoms with Crippen LogP contribution in [0.15, 0.2) is 18.2 Å². The highest BCUT2D eigenvalue weighted by atomic mass is 19.1. The molecule has 4 amide bonds. The molecule has 1 aromatic rings. The summed E-state index contributed by atoms with van der Waals surface area (Å²) in [5, 5.41) is 5.07. The Morgan fingerprint density at radius 1 is 1.43 bits per heavy atom. The fourth-order valence-corrected chi connectivity index (χ4v) is 2.86. The Labute approximate surface area is 133 Å². The molecule has 1 aliphatic carbocycles. The van der Waals surface area contributed by atoms with Gasteiger partial charge >= 0.3 is 6.03 Å². The Hall–Kier alpha value is -2.44. The van der Waals surface area contributed by atoms with Crippen molar-refractivity contribution in [1.29, 1.82) is 0 Å². The number of halogens is 1. The summed E-state index contributed by atoms with van der Waals surface area (Å²) in [7, 11) is 0. The van der Waals surface area contributed by atoms with Crippen LogP contribution in [-0.4, -0.2) is 34.8 Å². The molecule has 0 radical (unpaired) electrons. The maximum Gasteiger partial charge on any atom is 0.325 e. The summed E-state index contributed by atoms with van der Waals surface area (Å²) in [6, 6.07) is 3.75. The van der Waals surface area contributed by atoms with Crippen molar-refractivity contribution < 1.29 is 18.8 Å². The third kappa shape index (κ3) is 2.78. The van der Waals surface area contributed by atoms with E-state index in [0.717, 1.165) is 23.3 Å². The van der Waals surface area contributed by atoms with Gasteiger partial charge in [-0.3, -0.25) is 14.5 Å². The van der Waals surface area contributed by atoms with Crippen molar-refractivity contribution in [2.75, 3.05) is 11.9 Å². The number of nitrogens with zero attached hydrogens (tertiary/aromatic N) is 1. The van der Waals surface area contributed by atoms with E-state index in [9.17, 15) is 18.8 Å². The van der Waals surface area contributed by atoms with Gasteiger partial charge in [0.2, 0.25) is 5.91 Å². The van der Waals surface area contributed by atoms with Crippen LogP contribution >= 0.6 is 0 Å². The van der Waals surface area contributed by atoms with Gasteiger partial charge in [-0.25, -0.2) is 9.18 Å². The quantitative estimate of drug-likeness (QED) is 0.831. The van der Waals surface area contributed by atoms with Crippen LogP contribution in [0.5, 0.6) is 0 Å². The predicted octanol–water partition coefficient (Wildman–Crippen LogP) is 1.79. The zero-order valence-corrected chi connectivity index (χ0v) is 13.0. The third-order valence-corrected chi connectivity index (χ3v) is 4.39. The minimum absolute atomic E-state index is 0.0343. The number of benzene rings is 1. The maximum atomic E-state index is 13.7. The molecule has 1 saturated carbocycles. The highest BCUT2D eigenvalue weighted by molar-refractivity contribution is 6.10. The number of amides is 4. The lowest BCUT2D eigenvalue weighted by molar-refractivity contribution is -0.134. The van der Waals surface area contributed by atoms with Crippen LogP contribution in [0.2, 0.25) is 0 Å². The average molecular weight is 319 g/mol. The van der Waals surface area contributed by atoms with Crippen molar-refractivity contribution in [3.8, 4) is 0 Å². The van der Waals surface area contributed by atoms with Crippen LogP contribution in [0.4, 0.5) is 14.9 Å². The lowest BCUT2D eigenvalue weighted by Gasteiger charge is -2.20. The van der Waals surface area contributed by atoms with E-state index in [1.54, 1.807) is 19.9 Å². The minimum atomic E-state index is -0.925. The normalized spacial score (nSPS) is 23.9. The van der Waals surface area contributed by atoms with Gasteiger partial charge < -0.3 is 10.6 Å². The Morgan fingerprint density at radius 3 is 2.78 bits per heavy atom. The Bertz CT molecular complexity index is 702. The largest absolute Gasteiger partial charge is 0.325 e. The zero-order chi connectivity index (χ0) is 16.8. The topological polar surface area (TPSA) is 78.5 Å². The molecule has 6 nitrogen and oxygen atoms in total. The van der Waals surface area contributed by atoms with Gasteiger partial charge in [0.05, 0.1) is 5.69 Å². The van der Waals surface area contributed by atoms with E-state index in [4.69, 9.17) is 0 Å². The first-order valence-electron chi connectivity index (χ1n) is 7.51. The van der Waals surface area contributed by atoms with Crippen molar-refractivity contribution in [3.63, 3.8) is 0 Å². The first-order valence-corrected chi connectivity index (χ1v) is 7.51. The monoisotopic (exact) mass is 319 g/mol. The molecule has 122 valence electrons. The number of nitrogens with one attached hydrogen (secondary N) is 2. The van der Waals surface area contributed by atoms with E-state index >= 15 is 0 Å². The molecular formula is C16H18FN3O3. The molecule has 1 atom stereocenters. The SMILES string of the molecule is Cc1ccc(F)c(NC(=O)CN2C(=O)NC(C)(C3CC3)C2=O)c1. The van der Waals surface area contributed by atoms with Gasteiger partial charge in [0.15, 0.2) is 0 Å². The van der Waals surface area contributed by atoms with Gasteiger partial charge in [0.1, 0.15) is 17.9 Å². The first kappa shape index (κ1) is 15.5. The van der Waals surface area contributed by atoms with Crippen LogP contribution in [0, 0.1) is 18.7 Å². The summed E-state index contributed by atoms with van der Waals surface area (Å²) >= 11 is 0. The second-order valence-corrected chi connectivity index (χ2v) is 6.33. The van der Waals surface area contributed by atoms with E-state index in [2.05, 4.69) is 10.6 Å². The molecule has 1 aromatic carbocycles.